The van der Waals surface area contributed by atoms with Gasteiger partial charge in [-0.2, -0.15) is 0 Å². The second-order valence-electron chi connectivity index (χ2n) is 36.1. The standard InChI is InChI=1S/C16H26O2.2C16H28O2.3C7H14O2.2C6H12O2/c1-4-16(2,3)15(17)18-14-9-10-8-13(14)12-7-5-6-11(10)12;2*1-7-14(2,3)13(17)18-12-10-11-8-9-16(12,6)15(11,4)5;3*1-5-7(2,3)6(8)9-4;2*1-4-6(2,3)5(7)8/h10-14H,4-9H2,1-3H3;2*11-12H,7-10H2,1-6H3;3*5H2,1-4H3;2*4H2,1-3H3,(H,7,8). The van der Waals surface area contributed by atoms with E-state index in [-0.39, 0.29) is 97.4 Å². The summed E-state index contributed by atoms with van der Waals surface area (Å²) in [5, 5.41) is 16.9. The summed E-state index contributed by atoms with van der Waals surface area (Å²) in [6.07, 6.45) is 20.7. The fourth-order valence-electron chi connectivity index (χ4n) is 13.6. The van der Waals surface area contributed by atoms with E-state index >= 15 is 0 Å². The molecule has 0 heterocycles. The monoisotopic (exact) mass is 1380 g/mol. The summed E-state index contributed by atoms with van der Waals surface area (Å²) in [6.45, 7) is 59.9. The number of carbonyl (C=O) groups excluding carboxylic acids is 6. The zero-order valence-electron chi connectivity index (χ0n) is 68.2. The van der Waals surface area contributed by atoms with E-state index in [1.807, 2.05) is 132 Å². The maximum atomic E-state index is 12.3. The molecule has 0 aliphatic heterocycles. The van der Waals surface area contributed by atoms with Crippen molar-refractivity contribution in [2.75, 3.05) is 21.3 Å². The van der Waals surface area contributed by atoms with Crippen molar-refractivity contribution >= 4 is 47.8 Å². The first-order valence-electron chi connectivity index (χ1n) is 37.3. The van der Waals surface area contributed by atoms with Crippen molar-refractivity contribution in [1.82, 2.24) is 0 Å². The zero-order valence-corrected chi connectivity index (χ0v) is 68.2. The molecule has 0 aromatic rings. The second kappa shape index (κ2) is 36.6. The average molecular weight is 1380 g/mol. The fourth-order valence-corrected chi connectivity index (χ4v) is 13.6. The summed E-state index contributed by atoms with van der Waals surface area (Å²) in [7, 11) is 4.25. The van der Waals surface area contributed by atoms with Crippen molar-refractivity contribution in [1.29, 1.82) is 0 Å². The van der Waals surface area contributed by atoms with Gasteiger partial charge in [0.05, 0.1) is 64.6 Å². The maximum absolute atomic E-state index is 12.3. The largest absolute Gasteiger partial charge is 0.481 e. The number of esters is 6. The van der Waals surface area contributed by atoms with E-state index in [1.165, 1.54) is 72.7 Å². The van der Waals surface area contributed by atoms with Crippen LogP contribution in [0.2, 0.25) is 0 Å². The van der Waals surface area contributed by atoms with Crippen LogP contribution in [-0.4, -0.2) is 97.6 Å². The summed E-state index contributed by atoms with van der Waals surface area (Å²) in [4.78, 5) is 89.7. The van der Waals surface area contributed by atoms with Gasteiger partial charge < -0.3 is 38.6 Å². The SMILES string of the molecule is CCC(C)(C)C(=O)O.CCC(C)(C)C(=O)O.CCC(C)(C)C(=O)OC.CCC(C)(C)C(=O)OC.CCC(C)(C)C(=O)OC.CCC(C)(C)C(=O)OC1CC2CC1C1CCCC21.CCC(C)(C)C(=O)OC1CC2CCC1(C)C2(C)C.CCC(C)(C)C(=O)OC1CC2CCC1(C)C2(C)C. The number of aliphatic carboxylic acids is 2. The lowest BCUT2D eigenvalue weighted by molar-refractivity contribution is -0.168. The summed E-state index contributed by atoms with van der Waals surface area (Å²) >= 11 is 0. The van der Waals surface area contributed by atoms with Gasteiger partial charge in [0.15, 0.2) is 0 Å². The molecule has 7 aliphatic carbocycles. The number of hydrogen-bond acceptors (Lipinski definition) is 14. The molecular weight excluding hydrogens is 1230 g/mol. The van der Waals surface area contributed by atoms with Crippen LogP contribution in [0.5, 0.6) is 0 Å². The molecule has 7 saturated carbocycles. The summed E-state index contributed by atoms with van der Waals surface area (Å²) in [6, 6.07) is 0. The van der Waals surface area contributed by atoms with Gasteiger partial charge >= 0.3 is 47.8 Å². The van der Waals surface area contributed by atoms with E-state index in [0.717, 1.165) is 87.4 Å². The summed E-state index contributed by atoms with van der Waals surface area (Å²) in [5.74, 6) is 3.02. The van der Waals surface area contributed by atoms with Crippen LogP contribution in [-0.2, 0) is 66.8 Å². The number of rotatable bonds is 19. The van der Waals surface area contributed by atoms with E-state index in [0.29, 0.717) is 29.6 Å². The Kier molecular flexibility index (Phi) is 35.0. The van der Waals surface area contributed by atoms with E-state index in [1.54, 1.807) is 27.7 Å². The molecule has 0 spiro atoms. The molecular formula is C81H148O16. The molecule has 0 radical (unpaired) electrons. The molecule has 0 aromatic carbocycles. The van der Waals surface area contributed by atoms with Crippen LogP contribution >= 0.6 is 0 Å². The molecule has 7 fully saturated rings. The van der Waals surface area contributed by atoms with Crippen molar-refractivity contribution in [3.05, 3.63) is 0 Å². The Balaban J connectivity index is 0.00000112. The molecule has 11 unspecified atom stereocenters. The Morgan fingerprint density at radius 3 is 0.804 bits per heavy atom. The van der Waals surface area contributed by atoms with Gasteiger partial charge in [-0.25, -0.2) is 0 Å². The Labute approximate surface area is 591 Å². The third-order valence-corrected chi connectivity index (χ3v) is 26.7. The number of carboxylic acid groups (broad SMARTS) is 2. The lowest BCUT2D eigenvalue weighted by Crippen LogP contribution is -2.40. The van der Waals surface area contributed by atoms with Gasteiger partial charge in [0.25, 0.3) is 0 Å². The van der Waals surface area contributed by atoms with E-state index in [9.17, 15) is 38.4 Å². The minimum absolute atomic E-state index is 0.0143. The van der Waals surface area contributed by atoms with Crippen molar-refractivity contribution in [3.8, 4) is 0 Å². The van der Waals surface area contributed by atoms with Gasteiger partial charge in [0.2, 0.25) is 0 Å². The summed E-state index contributed by atoms with van der Waals surface area (Å²) < 4.78 is 31.4. The Hall–Kier alpha value is -4.24. The van der Waals surface area contributed by atoms with Crippen molar-refractivity contribution in [2.45, 2.75) is 348 Å². The van der Waals surface area contributed by atoms with Gasteiger partial charge in [-0.1, -0.05) is 103 Å². The zero-order chi connectivity index (χ0) is 76.5. The average Bonchev–Trinajstić information content (AvgIpc) is 1.57. The highest BCUT2D eigenvalue weighted by Crippen LogP contribution is 2.68. The van der Waals surface area contributed by atoms with Gasteiger partial charge in [0, 0.05) is 10.8 Å². The number of carbonyl (C=O) groups is 8. The molecule has 0 saturated heterocycles. The highest BCUT2D eigenvalue weighted by Gasteiger charge is 2.64. The molecule has 0 amide bonds. The lowest BCUT2D eigenvalue weighted by Gasteiger charge is -2.39. The molecule has 16 nitrogen and oxygen atoms in total. The number of carboxylic acids is 2. The first-order chi connectivity index (χ1) is 44.0. The van der Waals surface area contributed by atoms with Crippen LogP contribution in [0.3, 0.4) is 0 Å². The van der Waals surface area contributed by atoms with Crippen molar-refractivity contribution < 1.29 is 77.0 Å². The molecule has 97 heavy (non-hydrogen) atoms. The van der Waals surface area contributed by atoms with Gasteiger partial charge in [-0.3, -0.25) is 38.4 Å². The van der Waals surface area contributed by atoms with Crippen LogP contribution < -0.4 is 0 Å². The second-order valence-corrected chi connectivity index (χ2v) is 36.1. The lowest BCUT2D eigenvalue weighted by atomic mass is 9.70. The van der Waals surface area contributed by atoms with Crippen LogP contribution in [0.15, 0.2) is 0 Å². The van der Waals surface area contributed by atoms with E-state index in [4.69, 9.17) is 24.4 Å². The summed E-state index contributed by atoms with van der Waals surface area (Å²) in [5.41, 5.74) is -2.03. The van der Waals surface area contributed by atoms with Crippen LogP contribution in [0.1, 0.15) is 330 Å². The fraction of sp³-hybridized carbons (Fsp3) is 0.901. The quantitative estimate of drug-likeness (QED) is 0.0904. The topological polar surface area (TPSA) is 232 Å². The van der Waals surface area contributed by atoms with Crippen LogP contribution in [0.25, 0.3) is 0 Å². The van der Waals surface area contributed by atoms with Crippen LogP contribution in [0.4, 0.5) is 0 Å². The first-order valence-corrected chi connectivity index (χ1v) is 37.3. The van der Waals surface area contributed by atoms with Gasteiger partial charge in [-0.15, -0.1) is 0 Å². The third kappa shape index (κ3) is 23.4. The Morgan fingerprint density at radius 2 is 0.598 bits per heavy atom. The highest BCUT2D eigenvalue weighted by molar-refractivity contribution is 5.78. The number of fused-ring (bicyclic) bond motifs is 9. The number of ether oxygens (including phenoxy) is 6. The predicted molar refractivity (Wildman–Crippen MR) is 389 cm³/mol. The molecule has 6 bridgehead atoms. The minimum atomic E-state index is -0.722. The minimum Gasteiger partial charge on any atom is -0.481 e. The molecule has 16 heteroatoms. The molecule has 568 valence electrons. The third-order valence-electron chi connectivity index (χ3n) is 26.7. The van der Waals surface area contributed by atoms with Crippen molar-refractivity contribution in [3.63, 3.8) is 0 Å². The number of methoxy groups -OCH3 is 3. The molecule has 0 aromatic heterocycles. The smallest absolute Gasteiger partial charge is 0.311 e. The normalized spacial score (nSPS) is 26.8. The van der Waals surface area contributed by atoms with Gasteiger partial charge in [0.1, 0.15) is 18.3 Å². The first kappa shape index (κ1) is 92.8. The molecule has 7 aliphatic rings. The molecule has 7 rings (SSSR count). The molecule has 2 N–H and O–H groups in total. The van der Waals surface area contributed by atoms with E-state index < -0.39 is 22.8 Å². The number of hydrogen-bond donors (Lipinski definition) is 2. The van der Waals surface area contributed by atoms with Crippen LogP contribution in [0, 0.1) is 100 Å². The van der Waals surface area contributed by atoms with E-state index in [2.05, 4.69) is 62.7 Å². The molecule has 11 atom stereocenters. The Morgan fingerprint density at radius 1 is 0.340 bits per heavy atom. The van der Waals surface area contributed by atoms with Crippen molar-refractivity contribution in [2.24, 2.45) is 100 Å². The maximum Gasteiger partial charge on any atom is 0.311 e. The predicted octanol–water partition coefficient (Wildman–Crippen LogP) is 20.0. The Bertz CT molecular complexity index is 2380. The highest BCUT2D eigenvalue weighted by atomic mass is 16.6. The van der Waals surface area contributed by atoms with Gasteiger partial charge in [-0.05, 0) is 273 Å².